The molecule has 0 radical (unpaired) electrons. The summed E-state index contributed by atoms with van der Waals surface area (Å²) < 4.78 is 7.20. The van der Waals surface area contributed by atoms with Crippen LogP contribution in [0.5, 0.6) is 0 Å². The van der Waals surface area contributed by atoms with Gasteiger partial charge in [0.25, 0.3) is 0 Å². The molecule has 0 aliphatic heterocycles. The Hall–Kier alpha value is -1.07. The zero-order valence-electron chi connectivity index (χ0n) is 11.6. The van der Waals surface area contributed by atoms with Gasteiger partial charge in [0.15, 0.2) is 0 Å². The molecule has 0 bridgehead atoms. The monoisotopic (exact) mass is 252 g/mol. The van der Waals surface area contributed by atoms with Crippen molar-refractivity contribution in [1.82, 2.24) is 14.5 Å². The highest BCUT2D eigenvalue weighted by Crippen LogP contribution is 2.36. The normalized spacial score (nSPS) is 17.8. The average molecular weight is 252 g/mol. The number of anilines is 1. The van der Waals surface area contributed by atoms with Gasteiger partial charge in [-0.3, -0.25) is 0 Å². The minimum atomic E-state index is 0.317. The van der Waals surface area contributed by atoms with Crippen molar-refractivity contribution in [3.63, 3.8) is 0 Å². The van der Waals surface area contributed by atoms with Gasteiger partial charge in [0.2, 0.25) is 5.95 Å². The number of methoxy groups -OCH3 is 1. The highest BCUT2D eigenvalue weighted by atomic mass is 16.5. The summed E-state index contributed by atoms with van der Waals surface area (Å²) in [6.07, 6.45) is 7.70. The Labute approximate surface area is 109 Å². The second kappa shape index (κ2) is 5.71. The molecule has 2 rings (SSSR count). The van der Waals surface area contributed by atoms with Crippen LogP contribution in [0.4, 0.5) is 5.95 Å². The van der Waals surface area contributed by atoms with Crippen molar-refractivity contribution in [1.29, 1.82) is 0 Å². The third kappa shape index (κ3) is 2.67. The lowest BCUT2D eigenvalue weighted by atomic mass is 9.75. The molecule has 1 heterocycles. The summed E-state index contributed by atoms with van der Waals surface area (Å²) in [6, 6.07) is 0. The molecule has 1 N–H and O–H groups in total. The Bertz CT molecular complexity index is 371. The van der Waals surface area contributed by atoms with Gasteiger partial charge in [-0.15, -0.1) is 0 Å². The minimum absolute atomic E-state index is 0.317. The molecule has 1 aliphatic carbocycles. The fraction of sp³-hybridized carbons (Fsp3) is 0.769. The number of aromatic nitrogens is 2. The van der Waals surface area contributed by atoms with E-state index in [1.165, 1.54) is 19.3 Å². The van der Waals surface area contributed by atoms with E-state index in [1.54, 1.807) is 7.11 Å². The van der Waals surface area contributed by atoms with Gasteiger partial charge in [0, 0.05) is 38.1 Å². The standard InChI is InChI=1S/C13H24N4O/c1-16(2)13(5-4-6-13)11-15-12-14-7-8-17(12)9-10-18-3/h7-8H,4-6,9-11H2,1-3H3,(H,14,15). The molecule has 18 heavy (non-hydrogen) atoms. The minimum Gasteiger partial charge on any atom is -0.383 e. The van der Waals surface area contributed by atoms with E-state index in [1.807, 2.05) is 12.4 Å². The molecular weight excluding hydrogens is 228 g/mol. The van der Waals surface area contributed by atoms with Crippen LogP contribution in [0.2, 0.25) is 0 Å². The Morgan fingerprint density at radius 2 is 2.28 bits per heavy atom. The lowest BCUT2D eigenvalue weighted by Gasteiger charge is -2.47. The van der Waals surface area contributed by atoms with E-state index in [2.05, 4.69) is 33.9 Å². The van der Waals surface area contributed by atoms with Gasteiger partial charge in [-0.25, -0.2) is 4.98 Å². The van der Waals surface area contributed by atoms with Crippen molar-refractivity contribution >= 4 is 5.95 Å². The van der Waals surface area contributed by atoms with Crippen LogP contribution in [-0.4, -0.2) is 54.3 Å². The molecule has 1 fully saturated rings. The largest absolute Gasteiger partial charge is 0.383 e. The molecule has 0 aromatic carbocycles. The van der Waals surface area contributed by atoms with E-state index >= 15 is 0 Å². The van der Waals surface area contributed by atoms with E-state index in [-0.39, 0.29) is 0 Å². The molecule has 0 spiro atoms. The third-order valence-corrected chi connectivity index (χ3v) is 4.06. The van der Waals surface area contributed by atoms with E-state index < -0.39 is 0 Å². The number of hydrogen-bond donors (Lipinski definition) is 1. The Morgan fingerprint density at radius 1 is 1.50 bits per heavy atom. The zero-order valence-corrected chi connectivity index (χ0v) is 11.6. The summed E-state index contributed by atoms with van der Waals surface area (Å²) in [5, 5.41) is 3.48. The number of hydrogen-bond acceptors (Lipinski definition) is 4. The summed E-state index contributed by atoms with van der Waals surface area (Å²) in [4.78, 5) is 6.71. The summed E-state index contributed by atoms with van der Waals surface area (Å²) in [6.45, 7) is 2.52. The Balaban J connectivity index is 1.91. The lowest BCUT2D eigenvalue weighted by molar-refractivity contribution is 0.0736. The van der Waals surface area contributed by atoms with Crippen LogP contribution in [0.15, 0.2) is 12.4 Å². The number of likely N-dealkylation sites (N-methyl/N-ethyl adjacent to an activating group) is 1. The van der Waals surface area contributed by atoms with Crippen molar-refractivity contribution in [2.75, 3.05) is 39.7 Å². The van der Waals surface area contributed by atoms with E-state index in [0.29, 0.717) is 12.1 Å². The fourth-order valence-corrected chi connectivity index (χ4v) is 2.46. The lowest BCUT2D eigenvalue weighted by Crippen LogP contribution is -2.54. The van der Waals surface area contributed by atoms with Crippen LogP contribution in [0.3, 0.4) is 0 Å². The first kappa shape index (κ1) is 13.4. The summed E-state index contributed by atoms with van der Waals surface area (Å²) in [7, 11) is 6.05. The van der Waals surface area contributed by atoms with Gasteiger partial charge in [-0.05, 0) is 33.4 Å². The Kier molecular flexibility index (Phi) is 4.24. The molecule has 0 saturated heterocycles. The average Bonchev–Trinajstić information content (AvgIpc) is 2.72. The molecule has 5 heteroatoms. The SMILES string of the molecule is COCCn1ccnc1NCC1(N(C)C)CCC1. The highest BCUT2D eigenvalue weighted by Gasteiger charge is 2.38. The van der Waals surface area contributed by atoms with Crippen LogP contribution in [0.25, 0.3) is 0 Å². The molecule has 0 atom stereocenters. The van der Waals surface area contributed by atoms with Crippen LogP contribution in [0.1, 0.15) is 19.3 Å². The van der Waals surface area contributed by atoms with Gasteiger partial charge in [-0.2, -0.15) is 0 Å². The van der Waals surface area contributed by atoms with Crippen LogP contribution in [0, 0.1) is 0 Å². The second-order valence-corrected chi connectivity index (χ2v) is 5.26. The summed E-state index contributed by atoms with van der Waals surface area (Å²) in [5.74, 6) is 0.945. The highest BCUT2D eigenvalue weighted by molar-refractivity contribution is 5.27. The predicted octanol–water partition coefficient (Wildman–Crippen LogP) is 1.43. The first-order valence-electron chi connectivity index (χ1n) is 6.59. The van der Waals surface area contributed by atoms with Crippen molar-refractivity contribution in [3.05, 3.63) is 12.4 Å². The topological polar surface area (TPSA) is 42.3 Å². The first-order chi connectivity index (χ1) is 8.68. The zero-order chi connectivity index (χ0) is 13.0. The number of nitrogens with zero attached hydrogens (tertiary/aromatic N) is 3. The maximum atomic E-state index is 5.10. The fourth-order valence-electron chi connectivity index (χ4n) is 2.46. The molecule has 5 nitrogen and oxygen atoms in total. The number of imidazole rings is 1. The first-order valence-corrected chi connectivity index (χ1v) is 6.59. The quantitative estimate of drug-likeness (QED) is 0.797. The molecule has 0 amide bonds. The maximum absolute atomic E-state index is 5.10. The third-order valence-electron chi connectivity index (χ3n) is 4.06. The maximum Gasteiger partial charge on any atom is 0.202 e. The molecule has 1 aromatic rings. The molecular formula is C13H24N4O. The molecule has 1 aliphatic rings. The van der Waals surface area contributed by atoms with Crippen molar-refractivity contribution in [3.8, 4) is 0 Å². The summed E-state index contributed by atoms with van der Waals surface area (Å²) >= 11 is 0. The number of ether oxygens (including phenoxy) is 1. The van der Waals surface area contributed by atoms with Gasteiger partial charge >= 0.3 is 0 Å². The molecule has 1 saturated carbocycles. The van der Waals surface area contributed by atoms with Crippen LogP contribution < -0.4 is 5.32 Å². The smallest absolute Gasteiger partial charge is 0.202 e. The number of rotatable bonds is 7. The van der Waals surface area contributed by atoms with Crippen molar-refractivity contribution in [2.45, 2.75) is 31.3 Å². The molecule has 102 valence electrons. The van der Waals surface area contributed by atoms with Crippen molar-refractivity contribution in [2.24, 2.45) is 0 Å². The van der Waals surface area contributed by atoms with Crippen molar-refractivity contribution < 1.29 is 4.74 Å². The van der Waals surface area contributed by atoms with E-state index in [4.69, 9.17) is 4.74 Å². The predicted molar refractivity (Wildman–Crippen MR) is 72.9 cm³/mol. The van der Waals surface area contributed by atoms with Gasteiger partial charge in [-0.1, -0.05) is 0 Å². The van der Waals surface area contributed by atoms with Gasteiger partial charge in [0.05, 0.1) is 6.61 Å². The van der Waals surface area contributed by atoms with E-state index in [0.717, 1.165) is 19.0 Å². The Morgan fingerprint density at radius 3 is 2.83 bits per heavy atom. The molecule has 1 aromatic heterocycles. The second-order valence-electron chi connectivity index (χ2n) is 5.26. The number of nitrogens with one attached hydrogen (secondary N) is 1. The van der Waals surface area contributed by atoms with E-state index in [9.17, 15) is 0 Å². The van der Waals surface area contributed by atoms with Crippen LogP contribution in [-0.2, 0) is 11.3 Å². The van der Waals surface area contributed by atoms with Gasteiger partial charge < -0.3 is 19.5 Å². The van der Waals surface area contributed by atoms with Crippen LogP contribution >= 0.6 is 0 Å². The molecule has 0 unspecified atom stereocenters. The van der Waals surface area contributed by atoms with Gasteiger partial charge in [0.1, 0.15) is 0 Å². The summed E-state index contributed by atoms with van der Waals surface area (Å²) in [5.41, 5.74) is 0.317.